The van der Waals surface area contributed by atoms with Crippen molar-refractivity contribution >= 4 is 11.8 Å². The fourth-order valence-corrected chi connectivity index (χ4v) is 3.93. The van der Waals surface area contributed by atoms with Gasteiger partial charge < -0.3 is 14.9 Å². The molecule has 0 bridgehead atoms. The highest BCUT2D eigenvalue weighted by Crippen LogP contribution is 2.23. The summed E-state index contributed by atoms with van der Waals surface area (Å²) < 4.78 is 1.89. The quantitative estimate of drug-likeness (QED) is 0.873. The Balaban J connectivity index is 1.46. The first-order chi connectivity index (χ1) is 13.6. The second-order valence-electron chi connectivity index (χ2n) is 7.54. The number of hydrogen-bond donors (Lipinski definition) is 1. The Hall–Kier alpha value is -2.67. The zero-order chi connectivity index (χ0) is 19.5. The van der Waals surface area contributed by atoms with E-state index >= 15 is 0 Å². The number of aliphatic hydroxyl groups excluding tert-OH is 1. The van der Waals surface area contributed by atoms with Crippen LogP contribution in [-0.2, 0) is 22.7 Å². The van der Waals surface area contributed by atoms with E-state index in [0.29, 0.717) is 38.3 Å². The van der Waals surface area contributed by atoms with Crippen LogP contribution >= 0.6 is 0 Å². The van der Waals surface area contributed by atoms with Crippen LogP contribution < -0.4 is 0 Å². The van der Waals surface area contributed by atoms with Crippen molar-refractivity contribution in [2.24, 2.45) is 0 Å². The molecule has 2 aliphatic rings. The predicted octanol–water partition coefficient (Wildman–Crippen LogP) is 1.71. The minimum atomic E-state index is -0.782. The molecule has 4 rings (SSSR count). The average molecular weight is 382 g/mol. The Kier molecular flexibility index (Phi) is 5.43. The lowest BCUT2D eigenvalue weighted by atomic mass is 10.1. The van der Waals surface area contributed by atoms with E-state index in [1.165, 1.54) is 0 Å². The summed E-state index contributed by atoms with van der Waals surface area (Å²) in [5, 5.41) is 15.2. The van der Waals surface area contributed by atoms with Gasteiger partial charge in [-0.3, -0.25) is 14.3 Å². The van der Waals surface area contributed by atoms with Gasteiger partial charge in [-0.05, 0) is 30.9 Å². The lowest BCUT2D eigenvalue weighted by Crippen LogP contribution is -2.44. The Morgan fingerprint density at radius 2 is 1.93 bits per heavy atom. The molecule has 0 saturated carbocycles. The highest BCUT2D eigenvalue weighted by atomic mass is 16.3. The molecule has 7 heteroatoms. The molecule has 1 N–H and O–H groups in total. The summed E-state index contributed by atoms with van der Waals surface area (Å²) in [6, 6.07) is 11.3. The smallest absolute Gasteiger partial charge is 0.242 e. The molecule has 0 radical (unpaired) electrons. The monoisotopic (exact) mass is 382 g/mol. The Bertz CT molecular complexity index is 849. The van der Waals surface area contributed by atoms with Crippen molar-refractivity contribution in [2.45, 2.75) is 44.9 Å². The molecular formula is C21H26N4O3. The number of rotatable bonds is 4. The van der Waals surface area contributed by atoms with E-state index in [2.05, 4.69) is 5.10 Å². The van der Waals surface area contributed by atoms with Crippen molar-refractivity contribution in [3.63, 3.8) is 0 Å². The summed E-state index contributed by atoms with van der Waals surface area (Å²) in [6.07, 6.45) is 2.44. The highest BCUT2D eigenvalue weighted by Gasteiger charge is 2.26. The average Bonchev–Trinajstić information content (AvgIpc) is 3.01. The Morgan fingerprint density at radius 3 is 2.71 bits per heavy atom. The number of hydrogen-bond acceptors (Lipinski definition) is 4. The minimum absolute atomic E-state index is 0.0185. The number of aliphatic hydroxyl groups is 1. The van der Waals surface area contributed by atoms with Crippen LogP contribution in [0.15, 0.2) is 36.4 Å². The van der Waals surface area contributed by atoms with Gasteiger partial charge in [0.2, 0.25) is 11.8 Å². The van der Waals surface area contributed by atoms with Crippen molar-refractivity contribution in [3.8, 4) is 0 Å². The third-order valence-corrected chi connectivity index (χ3v) is 5.53. The second-order valence-corrected chi connectivity index (χ2v) is 7.54. The molecule has 3 heterocycles. The van der Waals surface area contributed by atoms with E-state index in [1.54, 1.807) is 9.80 Å². The van der Waals surface area contributed by atoms with E-state index in [9.17, 15) is 14.7 Å². The number of aromatic nitrogens is 2. The van der Waals surface area contributed by atoms with Gasteiger partial charge in [-0.15, -0.1) is 0 Å². The van der Waals surface area contributed by atoms with Gasteiger partial charge in [0.25, 0.3) is 0 Å². The van der Waals surface area contributed by atoms with Crippen molar-refractivity contribution in [2.75, 3.05) is 19.6 Å². The van der Waals surface area contributed by atoms with Gasteiger partial charge in [-0.1, -0.05) is 30.3 Å². The maximum atomic E-state index is 12.8. The lowest BCUT2D eigenvalue weighted by molar-refractivity contribution is -0.142. The van der Waals surface area contributed by atoms with Crippen LogP contribution in [0.3, 0.4) is 0 Å². The standard InChI is InChI=1S/C21H26N4O3/c26-19-9-4-5-10-24(19)15-20(27)23-11-6-12-25-17(14-23)13-18(22-25)21(28)16-7-2-1-3-8-16/h1-3,7-8,13,21,28H,4-6,9-12,14-15H2/t21-/m0/s1. The molecule has 1 fully saturated rings. The van der Waals surface area contributed by atoms with Crippen LogP contribution in [0.5, 0.6) is 0 Å². The summed E-state index contributed by atoms with van der Waals surface area (Å²) in [7, 11) is 0. The maximum Gasteiger partial charge on any atom is 0.242 e. The summed E-state index contributed by atoms with van der Waals surface area (Å²) in [5.41, 5.74) is 2.31. The largest absolute Gasteiger partial charge is 0.382 e. The first kappa shape index (κ1) is 18.7. The lowest BCUT2D eigenvalue weighted by Gasteiger charge is -2.29. The summed E-state index contributed by atoms with van der Waals surface area (Å²) in [6.45, 7) is 2.65. The molecule has 1 aromatic carbocycles. The summed E-state index contributed by atoms with van der Waals surface area (Å²) >= 11 is 0. The first-order valence-electron chi connectivity index (χ1n) is 9.97. The van der Waals surface area contributed by atoms with Crippen molar-refractivity contribution in [1.29, 1.82) is 0 Å². The van der Waals surface area contributed by atoms with Crippen molar-refractivity contribution in [1.82, 2.24) is 19.6 Å². The zero-order valence-corrected chi connectivity index (χ0v) is 16.0. The summed E-state index contributed by atoms with van der Waals surface area (Å²) in [5.74, 6) is 0.0581. The van der Waals surface area contributed by atoms with Gasteiger partial charge in [-0.25, -0.2) is 0 Å². The second kappa shape index (κ2) is 8.14. The number of aryl methyl sites for hydroxylation is 1. The number of nitrogens with zero attached hydrogens (tertiary/aromatic N) is 4. The van der Waals surface area contributed by atoms with Crippen LogP contribution in [0.4, 0.5) is 0 Å². The van der Waals surface area contributed by atoms with E-state index in [0.717, 1.165) is 30.5 Å². The normalized spacial score (nSPS) is 18.5. The van der Waals surface area contributed by atoms with E-state index in [-0.39, 0.29) is 18.4 Å². The molecule has 0 spiro atoms. The number of piperidine rings is 1. The fraction of sp³-hybridized carbons (Fsp3) is 0.476. The Labute approximate surface area is 164 Å². The van der Waals surface area contributed by atoms with Gasteiger partial charge in [0.05, 0.1) is 24.5 Å². The number of fused-ring (bicyclic) bond motifs is 1. The van der Waals surface area contributed by atoms with Gasteiger partial charge in [0.1, 0.15) is 6.10 Å². The zero-order valence-electron chi connectivity index (χ0n) is 16.0. The molecule has 1 saturated heterocycles. The van der Waals surface area contributed by atoms with Crippen molar-refractivity contribution < 1.29 is 14.7 Å². The maximum absolute atomic E-state index is 12.8. The Morgan fingerprint density at radius 1 is 1.11 bits per heavy atom. The van der Waals surface area contributed by atoms with E-state index in [4.69, 9.17) is 0 Å². The third kappa shape index (κ3) is 3.94. The molecule has 7 nitrogen and oxygen atoms in total. The van der Waals surface area contributed by atoms with E-state index in [1.807, 2.05) is 41.1 Å². The van der Waals surface area contributed by atoms with Gasteiger partial charge >= 0.3 is 0 Å². The topological polar surface area (TPSA) is 78.7 Å². The molecule has 148 valence electrons. The van der Waals surface area contributed by atoms with Crippen LogP contribution in [0, 0.1) is 0 Å². The minimum Gasteiger partial charge on any atom is -0.382 e. The molecule has 1 atom stereocenters. The van der Waals surface area contributed by atoms with Crippen LogP contribution in [0.25, 0.3) is 0 Å². The molecule has 2 aliphatic heterocycles. The number of carbonyl (C=O) groups is 2. The summed E-state index contributed by atoms with van der Waals surface area (Å²) in [4.78, 5) is 28.3. The molecule has 0 unspecified atom stereocenters. The molecule has 1 aromatic heterocycles. The fourth-order valence-electron chi connectivity index (χ4n) is 3.93. The van der Waals surface area contributed by atoms with Gasteiger partial charge in [0, 0.05) is 26.1 Å². The molecule has 0 aliphatic carbocycles. The third-order valence-electron chi connectivity index (χ3n) is 5.53. The SMILES string of the molecule is O=C1CCCCN1CC(=O)N1CCCn2nc([C@@H](O)c3ccccc3)cc2C1. The highest BCUT2D eigenvalue weighted by molar-refractivity contribution is 5.85. The number of carbonyl (C=O) groups excluding carboxylic acids is 2. The van der Waals surface area contributed by atoms with Gasteiger partial charge in [0.15, 0.2) is 0 Å². The molecule has 2 amide bonds. The van der Waals surface area contributed by atoms with Crippen LogP contribution in [-0.4, -0.2) is 56.1 Å². The van der Waals surface area contributed by atoms with Crippen LogP contribution in [0.1, 0.15) is 48.7 Å². The van der Waals surface area contributed by atoms with Crippen LogP contribution in [0.2, 0.25) is 0 Å². The van der Waals surface area contributed by atoms with E-state index < -0.39 is 6.10 Å². The predicted molar refractivity (Wildman–Crippen MR) is 103 cm³/mol. The molecule has 2 aromatic rings. The molecule has 28 heavy (non-hydrogen) atoms. The van der Waals surface area contributed by atoms with Crippen molar-refractivity contribution in [3.05, 3.63) is 53.3 Å². The number of benzene rings is 1. The van der Waals surface area contributed by atoms with Gasteiger partial charge in [-0.2, -0.15) is 5.10 Å². The first-order valence-corrected chi connectivity index (χ1v) is 9.97. The number of likely N-dealkylation sites (tertiary alicyclic amines) is 1. The number of amides is 2. The molecular weight excluding hydrogens is 356 g/mol.